The summed E-state index contributed by atoms with van der Waals surface area (Å²) in [5.74, 6) is -5.11. The Kier molecular flexibility index (Phi) is 6.18. The Bertz CT molecular complexity index is 552. The van der Waals surface area contributed by atoms with Crippen LogP contribution in [0, 0.1) is 11.8 Å². The van der Waals surface area contributed by atoms with Gasteiger partial charge >= 0.3 is 18.2 Å². The monoisotopic (exact) mass is 391 g/mol. The number of nitrogens with one attached hydrogen (secondary N) is 1. The van der Waals surface area contributed by atoms with Crippen molar-refractivity contribution in [2.45, 2.75) is 63.2 Å². The summed E-state index contributed by atoms with van der Waals surface area (Å²) >= 11 is 0. The van der Waals surface area contributed by atoms with E-state index in [0.717, 1.165) is 24.3 Å². The van der Waals surface area contributed by atoms with Crippen LogP contribution in [0.2, 0.25) is 0 Å². The zero-order valence-corrected chi connectivity index (χ0v) is 15.4. The molecule has 0 aromatic rings. The molecular formula is C18H28F3N3O3. The molecule has 1 aliphatic carbocycles. The van der Waals surface area contributed by atoms with Crippen LogP contribution >= 0.6 is 0 Å². The molecule has 0 aromatic heterocycles. The quantitative estimate of drug-likeness (QED) is 0.773. The number of carbonyl (C=O) groups excluding carboxylic acids is 1. The van der Waals surface area contributed by atoms with Crippen LogP contribution in [0.15, 0.2) is 0 Å². The molecule has 3 fully saturated rings. The van der Waals surface area contributed by atoms with Gasteiger partial charge in [-0.2, -0.15) is 13.2 Å². The van der Waals surface area contributed by atoms with E-state index in [0.29, 0.717) is 12.6 Å². The van der Waals surface area contributed by atoms with Crippen LogP contribution in [-0.2, 0) is 4.79 Å². The number of halogens is 3. The minimum Gasteiger partial charge on any atom is -0.481 e. The van der Waals surface area contributed by atoms with Gasteiger partial charge in [-0.25, -0.2) is 4.79 Å². The van der Waals surface area contributed by atoms with Gasteiger partial charge in [-0.15, -0.1) is 0 Å². The third-order valence-electron chi connectivity index (χ3n) is 6.30. The second kappa shape index (κ2) is 8.24. The number of urea groups is 1. The molecule has 27 heavy (non-hydrogen) atoms. The van der Waals surface area contributed by atoms with Crippen LogP contribution in [0.1, 0.15) is 44.9 Å². The average molecular weight is 391 g/mol. The maximum Gasteiger partial charge on any atom is 0.394 e. The van der Waals surface area contributed by atoms with E-state index in [1.807, 2.05) is 0 Å². The summed E-state index contributed by atoms with van der Waals surface area (Å²) in [7, 11) is 0. The molecule has 1 unspecified atom stereocenters. The molecule has 0 aromatic carbocycles. The van der Waals surface area contributed by atoms with E-state index in [1.165, 1.54) is 32.1 Å². The predicted molar refractivity (Wildman–Crippen MR) is 92.2 cm³/mol. The number of carboxylic acids is 1. The van der Waals surface area contributed by atoms with Gasteiger partial charge in [0.05, 0.1) is 11.8 Å². The first-order chi connectivity index (χ1) is 12.8. The molecular weight excluding hydrogens is 363 g/mol. The van der Waals surface area contributed by atoms with Crippen molar-refractivity contribution >= 4 is 12.0 Å². The highest BCUT2D eigenvalue weighted by atomic mass is 19.4. The van der Waals surface area contributed by atoms with Crippen LogP contribution in [0.5, 0.6) is 0 Å². The molecule has 154 valence electrons. The van der Waals surface area contributed by atoms with Crippen molar-refractivity contribution < 1.29 is 27.9 Å². The molecule has 0 bridgehead atoms. The molecule has 2 heterocycles. The van der Waals surface area contributed by atoms with Crippen LogP contribution in [-0.4, -0.2) is 71.3 Å². The van der Waals surface area contributed by atoms with Crippen molar-refractivity contribution in [2.75, 3.05) is 26.2 Å². The van der Waals surface area contributed by atoms with Gasteiger partial charge in [0, 0.05) is 31.7 Å². The largest absolute Gasteiger partial charge is 0.481 e. The summed E-state index contributed by atoms with van der Waals surface area (Å²) in [5, 5.41) is 11.8. The lowest BCUT2D eigenvalue weighted by Crippen LogP contribution is -2.48. The second-order valence-electron chi connectivity index (χ2n) is 8.01. The standard InChI is InChI=1S/C18H28F3N3O3/c19-18(20,21)15-11-23(10-14(15)16(25)26)17(27)22-9-13-7-4-8-24(13)12-5-2-1-3-6-12/h12-15H,1-11H2,(H,22,27)(H,25,26)/t13?,14-,15-/m1/s1. The predicted octanol–water partition coefficient (Wildman–Crippen LogP) is 2.69. The first kappa shape index (κ1) is 20.2. The molecule has 0 spiro atoms. The van der Waals surface area contributed by atoms with Crippen molar-refractivity contribution in [3.05, 3.63) is 0 Å². The van der Waals surface area contributed by atoms with Crippen LogP contribution in [0.25, 0.3) is 0 Å². The van der Waals surface area contributed by atoms with E-state index in [-0.39, 0.29) is 6.04 Å². The van der Waals surface area contributed by atoms with Crippen molar-refractivity contribution in [3.8, 4) is 0 Å². The second-order valence-corrected chi connectivity index (χ2v) is 8.01. The average Bonchev–Trinajstić information content (AvgIpc) is 3.27. The number of carbonyl (C=O) groups is 2. The summed E-state index contributed by atoms with van der Waals surface area (Å²) in [5.41, 5.74) is 0. The molecule has 3 atom stereocenters. The molecule has 0 radical (unpaired) electrons. The number of likely N-dealkylation sites (tertiary alicyclic amines) is 2. The highest BCUT2D eigenvalue weighted by Crippen LogP contribution is 2.37. The number of aliphatic carboxylic acids is 1. The minimum atomic E-state index is -4.62. The normalized spacial score (nSPS) is 30.6. The molecule has 2 amide bonds. The number of amides is 2. The third kappa shape index (κ3) is 4.67. The number of carboxylic acid groups (broad SMARTS) is 1. The molecule has 2 N–H and O–H groups in total. The molecule has 2 saturated heterocycles. The van der Waals surface area contributed by atoms with Gasteiger partial charge in [-0.3, -0.25) is 9.69 Å². The van der Waals surface area contributed by atoms with Crippen molar-refractivity contribution in [2.24, 2.45) is 11.8 Å². The van der Waals surface area contributed by atoms with Crippen molar-refractivity contribution in [3.63, 3.8) is 0 Å². The Morgan fingerprint density at radius 2 is 1.74 bits per heavy atom. The van der Waals surface area contributed by atoms with E-state index >= 15 is 0 Å². The molecule has 2 aliphatic heterocycles. The summed E-state index contributed by atoms with van der Waals surface area (Å²) < 4.78 is 39.2. The molecule has 3 rings (SSSR count). The van der Waals surface area contributed by atoms with Crippen molar-refractivity contribution in [1.82, 2.24) is 15.1 Å². The molecule has 6 nitrogen and oxygen atoms in total. The van der Waals surface area contributed by atoms with Gasteiger partial charge in [-0.1, -0.05) is 19.3 Å². The smallest absolute Gasteiger partial charge is 0.394 e. The molecule has 3 aliphatic rings. The number of nitrogens with zero attached hydrogens (tertiary/aromatic N) is 2. The van der Waals surface area contributed by atoms with Gasteiger partial charge in [-0.05, 0) is 32.2 Å². The fraction of sp³-hybridized carbons (Fsp3) is 0.889. The summed E-state index contributed by atoms with van der Waals surface area (Å²) in [6, 6.07) is 0.165. The highest BCUT2D eigenvalue weighted by molar-refractivity contribution is 5.77. The van der Waals surface area contributed by atoms with Crippen LogP contribution in [0.4, 0.5) is 18.0 Å². The Balaban J connectivity index is 1.53. The zero-order chi connectivity index (χ0) is 19.6. The SMILES string of the molecule is O=C(O)[C@@H]1CN(C(=O)NCC2CCCN2C2CCCCC2)C[C@H]1C(F)(F)F. The van der Waals surface area contributed by atoms with Gasteiger partial charge in [0.25, 0.3) is 0 Å². The maximum atomic E-state index is 13.1. The molecule has 9 heteroatoms. The highest BCUT2D eigenvalue weighted by Gasteiger charge is 2.53. The van der Waals surface area contributed by atoms with E-state index < -0.39 is 43.1 Å². The fourth-order valence-corrected chi connectivity index (χ4v) is 4.84. The van der Waals surface area contributed by atoms with Gasteiger partial charge < -0.3 is 15.3 Å². The zero-order valence-electron chi connectivity index (χ0n) is 15.4. The maximum absolute atomic E-state index is 13.1. The lowest BCUT2D eigenvalue weighted by atomic mass is 9.94. The lowest BCUT2D eigenvalue weighted by Gasteiger charge is -2.35. The Hall–Kier alpha value is -1.51. The van der Waals surface area contributed by atoms with E-state index in [2.05, 4.69) is 10.2 Å². The Morgan fingerprint density at radius 1 is 1.04 bits per heavy atom. The van der Waals surface area contributed by atoms with Gasteiger partial charge in [0.1, 0.15) is 0 Å². The summed E-state index contributed by atoms with van der Waals surface area (Å²) in [6.45, 7) is 0.415. The number of hydrogen-bond acceptors (Lipinski definition) is 3. The first-order valence-electron chi connectivity index (χ1n) is 9.85. The van der Waals surface area contributed by atoms with E-state index in [1.54, 1.807) is 0 Å². The summed E-state index contributed by atoms with van der Waals surface area (Å²) in [4.78, 5) is 27.0. The number of hydrogen-bond donors (Lipinski definition) is 2. The summed E-state index contributed by atoms with van der Waals surface area (Å²) in [6.07, 6.45) is 3.48. The Morgan fingerprint density at radius 3 is 2.33 bits per heavy atom. The first-order valence-corrected chi connectivity index (χ1v) is 9.85. The van der Waals surface area contributed by atoms with Crippen LogP contribution in [0.3, 0.4) is 0 Å². The Labute approximate surface area is 157 Å². The topological polar surface area (TPSA) is 72.9 Å². The fourth-order valence-electron chi connectivity index (χ4n) is 4.84. The number of rotatable bonds is 4. The lowest BCUT2D eigenvalue weighted by molar-refractivity contribution is -0.187. The third-order valence-corrected chi connectivity index (χ3v) is 6.30. The molecule has 1 saturated carbocycles. The van der Waals surface area contributed by atoms with Crippen molar-refractivity contribution in [1.29, 1.82) is 0 Å². The van der Waals surface area contributed by atoms with Gasteiger partial charge in [0.15, 0.2) is 0 Å². The van der Waals surface area contributed by atoms with E-state index in [4.69, 9.17) is 5.11 Å². The van der Waals surface area contributed by atoms with E-state index in [9.17, 15) is 22.8 Å². The van der Waals surface area contributed by atoms with Crippen LogP contribution < -0.4 is 5.32 Å². The minimum absolute atomic E-state index is 0.216. The number of alkyl halides is 3. The van der Waals surface area contributed by atoms with Gasteiger partial charge in [0.2, 0.25) is 0 Å².